The Labute approximate surface area is 186 Å². The first kappa shape index (κ1) is 21.8. The van der Waals surface area contributed by atoms with Gasteiger partial charge in [-0.1, -0.05) is 6.07 Å². The standard InChI is InChI=1S/C24H27FN4O3/c1-24(2)22(31)29(23(32)27-24)15-5-14-28-13-4-6-18-19(7-3-8-20(18)28)26-21(30)16-9-11-17(25)12-10-16/h3,7-12H,4-6,13-15H2,1-2H3,(H,26,30)(H,27,32). The minimum absolute atomic E-state index is 0.202. The molecule has 0 aliphatic carbocycles. The fraction of sp³-hybridized carbons (Fsp3) is 0.375. The summed E-state index contributed by atoms with van der Waals surface area (Å²) in [6.45, 7) is 5.33. The molecular weight excluding hydrogens is 411 g/mol. The molecule has 1 fully saturated rings. The highest BCUT2D eigenvalue weighted by molar-refractivity contribution is 6.06. The van der Waals surface area contributed by atoms with Crippen LogP contribution < -0.4 is 15.5 Å². The number of benzene rings is 2. The van der Waals surface area contributed by atoms with Crippen molar-refractivity contribution in [1.29, 1.82) is 0 Å². The van der Waals surface area contributed by atoms with Crippen LogP contribution in [0.5, 0.6) is 0 Å². The number of fused-ring (bicyclic) bond motifs is 1. The molecule has 0 bridgehead atoms. The number of hydrogen-bond acceptors (Lipinski definition) is 4. The number of rotatable bonds is 6. The molecule has 0 aromatic heterocycles. The number of amides is 4. The van der Waals surface area contributed by atoms with Gasteiger partial charge in [0.05, 0.1) is 0 Å². The maximum Gasteiger partial charge on any atom is 0.325 e. The maximum absolute atomic E-state index is 13.1. The SMILES string of the molecule is CC1(C)NC(=O)N(CCCN2CCCc3c(NC(=O)c4ccc(F)cc4)cccc32)C1=O. The van der Waals surface area contributed by atoms with Gasteiger partial charge in [0.25, 0.3) is 11.8 Å². The van der Waals surface area contributed by atoms with E-state index in [0.717, 1.165) is 36.3 Å². The molecule has 0 saturated carbocycles. The van der Waals surface area contributed by atoms with E-state index in [1.54, 1.807) is 13.8 Å². The Kier molecular flexibility index (Phi) is 5.86. The number of carbonyl (C=O) groups excluding carboxylic acids is 3. The average Bonchev–Trinajstić information content (AvgIpc) is 2.96. The Morgan fingerprint density at radius 1 is 1.12 bits per heavy atom. The summed E-state index contributed by atoms with van der Waals surface area (Å²) in [5, 5.41) is 5.66. The van der Waals surface area contributed by atoms with Gasteiger partial charge in [0.1, 0.15) is 11.4 Å². The van der Waals surface area contributed by atoms with Crippen LogP contribution in [0.1, 0.15) is 42.6 Å². The topological polar surface area (TPSA) is 81.8 Å². The van der Waals surface area contributed by atoms with E-state index in [9.17, 15) is 18.8 Å². The molecule has 7 nitrogen and oxygen atoms in total. The molecule has 2 aliphatic rings. The summed E-state index contributed by atoms with van der Waals surface area (Å²) in [5.41, 5.74) is 2.40. The van der Waals surface area contributed by atoms with Crippen LogP contribution in [-0.4, -0.2) is 47.9 Å². The molecule has 2 aromatic carbocycles. The van der Waals surface area contributed by atoms with Crippen molar-refractivity contribution < 1.29 is 18.8 Å². The van der Waals surface area contributed by atoms with Crippen molar-refractivity contribution in [3.05, 3.63) is 59.4 Å². The summed E-state index contributed by atoms with van der Waals surface area (Å²) in [7, 11) is 0. The van der Waals surface area contributed by atoms with E-state index in [0.29, 0.717) is 25.1 Å². The van der Waals surface area contributed by atoms with Crippen LogP contribution in [0.2, 0.25) is 0 Å². The van der Waals surface area contributed by atoms with Gasteiger partial charge in [-0.15, -0.1) is 0 Å². The second-order valence-electron chi connectivity index (χ2n) is 8.72. The number of nitrogens with zero attached hydrogens (tertiary/aromatic N) is 2. The molecule has 8 heteroatoms. The van der Waals surface area contributed by atoms with E-state index in [1.807, 2.05) is 18.2 Å². The Bertz CT molecular complexity index is 1050. The first-order chi connectivity index (χ1) is 15.3. The molecule has 0 radical (unpaired) electrons. The molecule has 2 N–H and O–H groups in total. The first-order valence-corrected chi connectivity index (χ1v) is 10.8. The molecule has 168 valence electrons. The minimum atomic E-state index is -0.855. The Morgan fingerprint density at radius 2 is 1.88 bits per heavy atom. The lowest BCUT2D eigenvalue weighted by Gasteiger charge is -2.33. The van der Waals surface area contributed by atoms with Gasteiger partial charge in [-0.2, -0.15) is 0 Å². The predicted molar refractivity (Wildman–Crippen MR) is 120 cm³/mol. The summed E-state index contributed by atoms with van der Waals surface area (Å²) < 4.78 is 13.1. The highest BCUT2D eigenvalue weighted by atomic mass is 19.1. The molecule has 2 heterocycles. The molecule has 1 saturated heterocycles. The monoisotopic (exact) mass is 438 g/mol. The smallest absolute Gasteiger partial charge is 0.325 e. The lowest BCUT2D eigenvalue weighted by Crippen LogP contribution is -2.40. The maximum atomic E-state index is 13.1. The van der Waals surface area contributed by atoms with Crippen molar-refractivity contribution in [2.24, 2.45) is 0 Å². The van der Waals surface area contributed by atoms with Gasteiger partial charge in [-0.05, 0) is 75.1 Å². The predicted octanol–water partition coefficient (Wildman–Crippen LogP) is 3.55. The Balaban J connectivity index is 1.43. The Hall–Kier alpha value is -3.42. The normalized spacial score (nSPS) is 17.2. The largest absolute Gasteiger partial charge is 0.371 e. The summed E-state index contributed by atoms with van der Waals surface area (Å²) in [6, 6.07) is 10.9. The van der Waals surface area contributed by atoms with Crippen LogP contribution in [0.3, 0.4) is 0 Å². The number of urea groups is 1. The summed E-state index contributed by atoms with van der Waals surface area (Å²) in [4.78, 5) is 40.6. The van der Waals surface area contributed by atoms with Crippen molar-refractivity contribution in [2.45, 2.75) is 38.6 Å². The van der Waals surface area contributed by atoms with Crippen molar-refractivity contribution in [2.75, 3.05) is 29.9 Å². The first-order valence-electron chi connectivity index (χ1n) is 10.8. The Morgan fingerprint density at radius 3 is 2.56 bits per heavy atom. The molecule has 4 rings (SSSR count). The van der Waals surface area contributed by atoms with Gasteiger partial charge >= 0.3 is 6.03 Å². The van der Waals surface area contributed by atoms with Gasteiger partial charge in [0, 0.05) is 36.6 Å². The second-order valence-corrected chi connectivity index (χ2v) is 8.72. The van der Waals surface area contributed by atoms with Crippen LogP contribution in [0.25, 0.3) is 0 Å². The quantitative estimate of drug-likeness (QED) is 0.676. The van der Waals surface area contributed by atoms with Crippen molar-refractivity contribution in [3.8, 4) is 0 Å². The van der Waals surface area contributed by atoms with Crippen molar-refractivity contribution in [1.82, 2.24) is 10.2 Å². The number of anilines is 2. The zero-order valence-electron chi connectivity index (χ0n) is 18.3. The van der Waals surface area contributed by atoms with Gasteiger partial charge in [0.15, 0.2) is 0 Å². The van der Waals surface area contributed by atoms with Crippen LogP contribution in [0.4, 0.5) is 20.6 Å². The van der Waals surface area contributed by atoms with Crippen LogP contribution in [0, 0.1) is 5.82 Å². The third-order valence-corrected chi connectivity index (χ3v) is 5.96. The lowest BCUT2D eigenvalue weighted by atomic mass is 9.99. The van der Waals surface area contributed by atoms with E-state index < -0.39 is 5.54 Å². The summed E-state index contributed by atoms with van der Waals surface area (Å²) >= 11 is 0. The zero-order chi connectivity index (χ0) is 22.9. The second kappa shape index (κ2) is 8.61. The van der Waals surface area contributed by atoms with Gasteiger partial charge in [0.2, 0.25) is 0 Å². The number of nitrogens with one attached hydrogen (secondary N) is 2. The summed E-state index contributed by atoms with van der Waals surface area (Å²) in [6.07, 6.45) is 2.43. The van der Waals surface area contributed by atoms with Gasteiger partial charge in [-0.25, -0.2) is 9.18 Å². The van der Waals surface area contributed by atoms with E-state index in [2.05, 4.69) is 15.5 Å². The molecule has 2 aromatic rings. The molecule has 2 aliphatic heterocycles. The molecule has 0 unspecified atom stereocenters. The fourth-order valence-corrected chi connectivity index (χ4v) is 4.29. The minimum Gasteiger partial charge on any atom is -0.371 e. The number of halogens is 1. The van der Waals surface area contributed by atoms with E-state index in [4.69, 9.17) is 0 Å². The van der Waals surface area contributed by atoms with E-state index >= 15 is 0 Å². The van der Waals surface area contributed by atoms with Crippen molar-refractivity contribution >= 4 is 29.2 Å². The molecule has 0 spiro atoms. The average molecular weight is 439 g/mol. The summed E-state index contributed by atoms with van der Waals surface area (Å²) in [5.74, 6) is -0.866. The van der Waals surface area contributed by atoms with Crippen LogP contribution >= 0.6 is 0 Å². The number of imide groups is 1. The zero-order valence-corrected chi connectivity index (χ0v) is 18.3. The van der Waals surface area contributed by atoms with E-state index in [1.165, 1.54) is 29.2 Å². The third kappa shape index (κ3) is 4.30. The van der Waals surface area contributed by atoms with Crippen molar-refractivity contribution in [3.63, 3.8) is 0 Å². The van der Waals surface area contributed by atoms with Crippen LogP contribution in [-0.2, 0) is 11.2 Å². The van der Waals surface area contributed by atoms with E-state index in [-0.39, 0.29) is 23.7 Å². The van der Waals surface area contributed by atoms with Crippen LogP contribution in [0.15, 0.2) is 42.5 Å². The van der Waals surface area contributed by atoms with Gasteiger partial charge < -0.3 is 15.5 Å². The lowest BCUT2D eigenvalue weighted by molar-refractivity contribution is -0.130. The molecule has 0 atom stereocenters. The highest BCUT2D eigenvalue weighted by Gasteiger charge is 2.43. The molecular formula is C24H27FN4O3. The highest BCUT2D eigenvalue weighted by Crippen LogP contribution is 2.33. The third-order valence-electron chi connectivity index (χ3n) is 5.96. The number of hydrogen-bond donors (Lipinski definition) is 2. The fourth-order valence-electron chi connectivity index (χ4n) is 4.29. The number of carbonyl (C=O) groups is 3. The molecule has 4 amide bonds. The van der Waals surface area contributed by atoms with Gasteiger partial charge in [-0.3, -0.25) is 14.5 Å². The molecule has 32 heavy (non-hydrogen) atoms.